The Bertz CT molecular complexity index is 1220. The summed E-state index contributed by atoms with van der Waals surface area (Å²) in [5.41, 5.74) is 2.10. The molecule has 0 aliphatic carbocycles. The summed E-state index contributed by atoms with van der Waals surface area (Å²) in [6.07, 6.45) is 0. The molecule has 2 aromatic carbocycles. The van der Waals surface area contributed by atoms with E-state index in [1.807, 2.05) is 0 Å². The molecule has 0 saturated carbocycles. The zero-order chi connectivity index (χ0) is 21.8. The van der Waals surface area contributed by atoms with Crippen LogP contribution in [0.4, 0.5) is 16.3 Å². The molecule has 3 aromatic rings. The van der Waals surface area contributed by atoms with Gasteiger partial charge in [-0.3, -0.25) is 4.79 Å². The van der Waals surface area contributed by atoms with Crippen LogP contribution in [0.25, 0.3) is 10.9 Å². The number of amides is 2. The van der Waals surface area contributed by atoms with Crippen LogP contribution in [0.15, 0.2) is 42.5 Å². The van der Waals surface area contributed by atoms with Crippen LogP contribution >= 0.6 is 0 Å². The zero-order valence-electron chi connectivity index (χ0n) is 16.7. The molecule has 9 nitrogen and oxygen atoms in total. The average Bonchev–Trinajstić information content (AvgIpc) is 3.22. The lowest BCUT2D eigenvalue weighted by Gasteiger charge is -2.11. The number of hydrogen-bond acceptors (Lipinski definition) is 7. The topological polar surface area (TPSA) is 125 Å². The van der Waals surface area contributed by atoms with Gasteiger partial charge in [0.2, 0.25) is 6.79 Å². The summed E-state index contributed by atoms with van der Waals surface area (Å²) in [5.74, 6) is 1.59. The molecule has 0 radical (unpaired) electrons. The van der Waals surface area contributed by atoms with E-state index in [9.17, 15) is 14.9 Å². The van der Waals surface area contributed by atoms with Crippen molar-refractivity contribution in [3.05, 3.63) is 53.6 Å². The van der Waals surface area contributed by atoms with Crippen LogP contribution in [0.3, 0.4) is 0 Å². The Hall–Kier alpha value is -4.32. The van der Waals surface area contributed by atoms with Gasteiger partial charge in [-0.15, -0.1) is 0 Å². The van der Waals surface area contributed by atoms with Gasteiger partial charge in [0, 0.05) is 35.8 Å². The van der Waals surface area contributed by atoms with Crippen LogP contribution in [0, 0.1) is 11.3 Å². The molecular weight excluding hydrogens is 398 g/mol. The Morgan fingerprint density at radius 2 is 1.94 bits per heavy atom. The number of rotatable bonds is 6. The Balaban J connectivity index is 1.35. The molecule has 156 valence electrons. The number of fused-ring (bicyclic) bond motifs is 2. The van der Waals surface area contributed by atoms with Gasteiger partial charge in [-0.2, -0.15) is 5.26 Å². The van der Waals surface area contributed by atoms with E-state index in [-0.39, 0.29) is 12.6 Å². The van der Waals surface area contributed by atoms with Gasteiger partial charge in [-0.05, 0) is 31.2 Å². The van der Waals surface area contributed by atoms with E-state index in [0.29, 0.717) is 52.7 Å². The molecule has 2 amide bonds. The second kappa shape index (κ2) is 8.59. The minimum absolute atomic E-state index is 0.0755. The predicted octanol–water partition coefficient (Wildman–Crippen LogP) is 3.27. The van der Waals surface area contributed by atoms with E-state index in [0.717, 1.165) is 5.39 Å². The fraction of sp³-hybridized carbons (Fsp3) is 0.182. The van der Waals surface area contributed by atoms with Crippen molar-refractivity contribution in [3.63, 3.8) is 0 Å². The largest absolute Gasteiger partial charge is 0.454 e. The first-order valence-electron chi connectivity index (χ1n) is 9.58. The van der Waals surface area contributed by atoms with Gasteiger partial charge in [0.25, 0.3) is 0 Å². The third-order valence-corrected chi connectivity index (χ3v) is 4.66. The van der Waals surface area contributed by atoms with E-state index in [4.69, 9.17) is 9.47 Å². The quantitative estimate of drug-likeness (QED) is 0.415. The Morgan fingerprint density at radius 3 is 2.71 bits per heavy atom. The van der Waals surface area contributed by atoms with Gasteiger partial charge in [0.1, 0.15) is 11.9 Å². The zero-order valence-corrected chi connectivity index (χ0v) is 16.7. The van der Waals surface area contributed by atoms with Crippen molar-refractivity contribution >= 4 is 34.2 Å². The van der Waals surface area contributed by atoms with Gasteiger partial charge in [0.15, 0.2) is 17.3 Å². The molecule has 1 aromatic heterocycles. The molecular formula is C22H19N5O4. The van der Waals surface area contributed by atoms with Crippen molar-refractivity contribution in [1.82, 2.24) is 10.3 Å². The maximum atomic E-state index is 12.1. The third kappa shape index (κ3) is 4.48. The molecule has 0 unspecified atom stereocenters. The number of nitrogens with zero attached hydrogens (tertiary/aromatic N) is 2. The fourth-order valence-electron chi connectivity index (χ4n) is 3.13. The smallest absolute Gasteiger partial charge is 0.319 e. The van der Waals surface area contributed by atoms with Crippen molar-refractivity contribution in [3.8, 4) is 17.6 Å². The SMILES string of the molecule is CC(=O)c1cccc(NC(=O)NCCNc2nc3cc4c(cc3cc2C#N)OCO4)c1. The van der Waals surface area contributed by atoms with Gasteiger partial charge in [-0.25, -0.2) is 9.78 Å². The molecule has 3 N–H and O–H groups in total. The standard InChI is InChI=1S/C22H19N5O4/c1-13(28)14-3-2-4-17(8-14)26-22(29)25-6-5-24-21-16(11-23)7-15-9-19-20(31-12-30-19)10-18(15)27-21/h2-4,7-10H,5-6,12H2,1H3,(H,24,27)(H2,25,26,29). The summed E-state index contributed by atoms with van der Waals surface area (Å²) < 4.78 is 10.7. The number of pyridine rings is 1. The van der Waals surface area contributed by atoms with E-state index < -0.39 is 6.03 Å². The summed E-state index contributed by atoms with van der Waals surface area (Å²) >= 11 is 0. The number of benzene rings is 2. The normalized spacial score (nSPS) is 11.6. The molecule has 9 heteroatoms. The first kappa shape index (κ1) is 20.0. The number of urea groups is 1. The molecule has 0 bridgehead atoms. The van der Waals surface area contributed by atoms with E-state index in [1.165, 1.54) is 6.92 Å². The van der Waals surface area contributed by atoms with Crippen molar-refractivity contribution in [2.75, 3.05) is 30.5 Å². The second-order valence-electron chi connectivity index (χ2n) is 6.84. The van der Waals surface area contributed by atoms with Crippen LogP contribution in [0.1, 0.15) is 22.8 Å². The van der Waals surface area contributed by atoms with Gasteiger partial charge in [0.05, 0.1) is 11.1 Å². The van der Waals surface area contributed by atoms with Crippen molar-refractivity contribution in [2.24, 2.45) is 0 Å². The Morgan fingerprint density at radius 1 is 1.13 bits per heavy atom. The number of anilines is 2. The first-order valence-corrected chi connectivity index (χ1v) is 9.58. The maximum Gasteiger partial charge on any atom is 0.319 e. The summed E-state index contributed by atoms with van der Waals surface area (Å²) in [7, 11) is 0. The van der Waals surface area contributed by atoms with Crippen molar-refractivity contribution < 1.29 is 19.1 Å². The van der Waals surface area contributed by atoms with Crippen LogP contribution in [-0.2, 0) is 0 Å². The fourth-order valence-corrected chi connectivity index (χ4v) is 3.13. The highest BCUT2D eigenvalue weighted by molar-refractivity contribution is 5.96. The molecule has 2 heterocycles. The van der Waals surface area contributed by atoms with E-state index in [1.54, 1.807) is 42.5 Å². The van der Waals surface area contributed by atoms with Crippen LogP contribution in [0.5, 0.6) is 11.5 Å². The van der Waals surface area contributed by atoms with Crippen molar-refractivity contribution in [2.45, 2.75) is 6.92 Å². The highest BCUT2D eigenvalue weighted by atomic mass is 16.7. The number of ether oxygens (including phenoxy) is 2. The number of carbonyl (C=O) groups is 2. The van der Waals surface area contributed by atoms with Crippen LogP contribution in [0.2, 0.25) is 0 Å². The summed E-state index contributed by atoms with van der Waals surface area (Å²) in [6.45, 7) is 2.28. The minimum atomic E-state index is -0.401. The Labute approximate surface area is 178 Å². The molecule has 0 fully saturated rings. The molecule has 31 heavy (non-hydrogen) atoms. The summed E-state index contributed by atoms with van der Waals surface area (Å²) in [4.78, 5) is 28.0. The second-order valence-corrected chi connectivity index (χ2v) is 6.84. The lowest BCUT2D eigenvalue weighted by molar-refractivity contribution is 0.101. The highest BCUT2D eigenvalue weighted by Gasteiger charge is 2.16. The number of nitrogens with one attached hydrogen (secondary N) is 3. The Kier molecular flexibility index (Phi) is 5.53. The third-order valence-electron chi connectivity index (χ3n) is 4.66. The predicted molar refractivity (Wildman–Crippen MR) is 115 cm³/mol. The number of Topliss-reactive ketones (excluding diaryl/α,β-unsaturated/α-hetero) is 1. The molecule has 1 aliphatic rings. The number of aromatic nitrogens is 1. The minimum Gasteiger partial charge on any atom is -0.454 e. The summed E-state index contributed by atoms with van der Waals surface area (Å²) in [5, 5.41) is 18.7. The number of hydrogen-bond donors (Lipinski definition) is 3. The van der Waals surface area contributed by atoms with Gasteiger partial charge < -0.3 is 25.4 Å². The lowest BCUT2D eigenvalue weighted by Crippen LogP contribution is -2.32. The molecule has 0 atom stereocenters. The molecule has 0 spiro atoms. The van der Waals surface area contributed by atoms with Crippen LogP contribution < -0.4 is 25.4 Å². The van der Waals surface area contributed by atoms with E-state index >= 15 is 0 Å². The maximum absolute atomic E-state index is 12.1. The van der Waals surface area contributed by atoms with Gasteiger partial charge in [-0.1, -0.05) is 12.1 Å². The highest BCUT2D eigenvalue weighted by Crippen LogP contribution is 2.36. The molecule has 0 saturated heterocycles. The number of ketones is 1. The number of carbonyl (C=O) groups excluding carboxylic acids is 2. The molecule has 1 aliphatic heterocycles. The van der Waals surface area contributed by atoms with Gasteiger partial charge >= 0.3 is 6.03 Å². The monoisotopic (exact) mass is 417 g/mol. The van der Waals surface area contributed by atoms with E-state index in [2.05, 4.69) is 27.0 Å². The van der Waals surface area contributed by atoms with Crippen LogP contribution in [-0.4, -0.2) is 36.7 Å². The molecule has 4 rings (SSSR count). The number of nitriles is 1. The summed E-state index contributed by atoms with van der Waals surface area (Å²) in [6, 6.07) is 13.7. The first-order chi connectivity index (χ1) is 15.0. The van der Waals surface area contributed by atoms with Crippen molar-refractivity contribution in [1.29, 1.82) is 5.26 Å². The average molecular weight is 417 g/mol. The lowest BCUT2D eigenvalue weighted by atomic mass is 10.1.